The second kappa shape index (κ2) is 28.3. The molecule has 2 spiro atoms. The summed E-state index contributed by atoms with van der Waals surface area (Å²) < 4.78 is 0. The molecule has 24 rings (SSSR count). The maximum absolute atomic E-state index is 2.50. The Morgan fingerprint density at radius 3 is 1.03 bits per heavy atom. The normalized spacial score (nSPS) is 19.8. The van der Waals surface area contributed by atoms with Gasteiger partial charge in [0.15, 0.2) is 0 Å². The molecule has 2 nitrogen and oxygen atoms in total. The van der Waals surface area contributed by atoms with Gasteiger partial charge in [-0.05, 0) is 302 Å². The van der Waals surface area contributed by atoms with Crippen molar-refractivity contribution in [3.8, 4) is 122 Å². The molecule has 0 heterocycles. The maximum Gasteiger partial charge on any atom is 0.0465 e. The lowest BCUT2D eigenvalue weighted by Gasteiger charge is -2.40. The van der Waals surface area contributed by atoms with Gasteiger partial charge >= 0.3 is 0 Å². The molecule has 4 saturated carbocycles. The van der Waals surface area contributed by atoms with Gasteiger partial charge in [-0.25, -0.2) is 0 Å². The first kappa shape index (κ1) is 71.4. The zero-order valence-electron chi connectivity index (χ0n) is 68.4. The van der Waals surface area contributed by atoms with Crippen LogP contribution >= 0.6 is 0 Å². The molecule has 0 saturated heterocycles. The number of hydrogen-bond acceptors (Lipinski definition) is 2. The van der Waals surface area contributed by atoms with E-state index >= 15 is 0 Å². The van der Waals surface area contributed by atoms with Crippen molar-refractivity contribution < 1.29 is 0 Å². The fraction of sp³-hybridized carbons (Fsp3) is 0.143. The first-order valence-corrected chi connectivity index (χ1v) is 44.0. The minimum Gasteiger partial charge on any atom is -0.311 e. The van der Waals surface area contributed by atoms with Crippen molar-refractivity contribution in [3.63, 3.8) is 0 Å². The predicted molar refractivity (Wildman–Crippen MR) is 505 cm³/mol. The second-order valence-corrected chi connectivity index (χ2v) is 36.1. The van der Waals surface area contributed by atoms with E-state index in [0.29, 0.717) is 17.8 Å². The van der Waals surface area contributed by atoms with Crippen LogP contribution in [0.3, 0.4) is 0 Å². The summed E-state index contributed by atoms with van der Waals surface area (Å²) in [5.74, 6) is 3.09. The van der Waals surface area contributed by atoms with E-state index in [9.17, 15) is 0 Å². The standard InChI is InChI=1S/C119H92N2/c1-117(2)109-34-16-13-29-104(109)105-70-69-97(74-114(105)117)121(95-63-50-83(51-64-95)79-23-7-4-8-24-79)96-65-54-85(55-66-96)81-42-46-88(47-43-81)100-33-20-38-113-116(100)107-31-15-18-36-111(107)119(113)76-89-72-91(119)73-108(89)103-28-12-11-27-102(103)101-26-10-9-25-98(101)86-56-67-94(68-57-86)120(92-59-48-82(49-60-92)78-21-5-3-6-22-78)93-61-52-84(53-62-93)80-40-44-87(45-41-80)99-32-19-37-112-115(99)106-30-14-17-35-110(106)118(112)75-77-39-58-90(118)71-77/h3-38,40-57,59-70,74,77,89-91,108H,39,58,71-73,75-76H2,1-2H3. The molecule has 0 radical (unpaired) electrons. The Morgan fingerprint density at radius 2 is 0.570 bits per heavy atom. The van der Waals surface area contributed by atoms with Crippen LogP contribution in [-0.2, 0) is 16.2 Å². The topological polar surface area (TPSA) is 6.48 Å². The first-order chi connectivity index (χ1) is 59.7. The Hall–Kier alpha value is -13.7. The van der Waals surface area contributed by atoms with Crippen LogP contribution in [0.5, 0.6) is 0 Å². The highest BCUT2D eigenvalue weighted by Crippen LogP contribution is 2.71. The van der Waals surface area contributed by atoms with Crippen molar-refractivity contribution in [2.45, 2.75) is 81.0 Å². The number of hydrogen-bond donors (Lipinski definition) is 0. The maximum atomic E-state index is 2.50. The molecular formula is C119H92N2. The third-order valence-corrected chi connectivity index (χ3v) is 29.9. The second-order valence-electron chi connectivity index (χ2n) is 36.1. The minimum absolute atomic E-state index is 0.0408. The Morgan fingerprint density at radius 1 is 0.223 bits per heavy atom. The summed E-state index contributed by atoms with van der Waals surface area (Å²) in [5.41, 5.74) is 45.5. The van der Waals surface area contributed by atoms with E-state index < -0.39 is 0 Å². The molecule has 578 valence electrons. The highest BCUT2D eigenvalue weighted by molar-refractivity contribution is 5.97. The molecule has 7 aliphatic carbocycles. The monoisotopic (exact) mass is 1550 g/mol. The molecule has 17 aromatic rings. The van der Waals surface area contributed by atoms with Crippen molar-refractivity contribution in [1.29, 1.82) is 0 Å². The highest BCUT2D eigenvalue weighted by atomic mass is 15.1. The van der Waals surface area contributed by atoms with Gasteiger partial charge in [-0.1, -0.05) is 354 Å². The third kappa shape index (κ3) is 11.4. The van der Waals surface area contributed by atoms with Crippen LogP contribution in [0.25, 0.3) is 122 Å². The van der Waals surface area contributed by atoms with E-state index in [4.69, 9.17) is 0 Å². The Kier molecular flexibility index (Phi) is 16.7. The summed E-state index contributed by atoms with van der Waals surface area (Å²) in [4.78, 5) is 4.85. The molecule has 0 amide bonds. The van der Waals surface area contributed by atoms with Gasteiger partial charge in [0.25, 0.3) is 0 Å². The van der Waals surface area contributed by atoms with Gasteiger partial charge in [0, 0.05) is 50.4 Å². The van der Waals surface area contributed by atoms with Crippen LogP contribution in [-0.4, -0.2) is 0 Å². The van der Waals surface area contributed by atoms with Crippen LogP contribution in [0.4, 0.5) is 34.1 Å². The number of rotatable bonds is 15. The van der Waals surface area contributed by atoms with Crippen molar-refractivity contribution in [3.05, 3.63) is 445 Å². The van der Waals surface area contributed by atoms with Crippen molar-refractivity contribution in [2.75, 3.05) is 9.80 Å². The highest BCUT2D eigenvalue weighted by Gasteiger charge is 2.61. The van der Waals surface area contributed by atoms with Crippen molar-refractivity contribution in [2.24, 2.45) is 23.7 Å². The largest absolute Gasteiger partial charge is 0.311 e. The average molecular weight is 1550 g/mol. The summed E-state index contributed by atoms with van der Waals surface area (Å²) in [5, 5.41) is 0. The molecule has 2 heteroatoms. The fourth-order valence-corrected chi connectivity index (χ4v) is 24.5. The van der Waals surface area contributed by atoms with Gasteiger partial charge in [0.2, 0.25) is 0 Å². The molecule has 7 unspecified atom stereocenters. The summed E-state index contributed by atoms with van der Waals surface area (Å²) in [6.45, 7) is 4.74. The van der Waals surface area contributed by atoms with Gasteiger partial charge in [0.1, 0.15) is 0 Å². The molecular weight excluding hydrogens is 1460 g/mol. The van der Waals surface area contributed by atoms with E-state index in [2.05, 4.69) is 430 Å². The molecule has 121 heavy (non-hydrogen) atoms. The summed E-state index contributed by atoms with van der Waals surface area (Å²) in [6, 6.07) is 154. The van der Waals surface area contributed by atoms with Crippen LogP contribution in [0.2, 0.25) is 0 Å². The molecule has 0 N–H and O–H groups in total. The molecule has 4 fully saturated rings. The molecule has 4 bridgehead atoms. The van der Waals surface area contributed by atoms with E-state index in [0.717, 1.165) is 58.8 Å². The smallest absolute Gasteiger partial charge is 0.0465 e. The zero-order chi connectivity index (χ0) is 80.1. The number of benzene rings is 17. The van der Waals surface area contributed by atoms with E-state index in [-0.39, 0.29) is 16.2 Å². The summed E-state index contributed by atoms with van der Waals surface area (Å²) >= 11 is 0. The van der Waals surface area contributed by atoms with E-state index in [1.807, 2.05) is 0 Å². The van der Waals surface area contributed by atoms with Gasteiger partial charge < -0.3 is 9.80 Å². The van der Waals surface area contributed by atoms with Crippen molar-refractivity contribution in [1.82, 2.24) is 0 Å². The van der Waals surface area contributed by atoms with Gasteiger partial charge in [-0.2, -0.15) is 0 Å². The lowest BCUT2D eigenvalue weighted by molar-refractivity contribution is 0.300. The van der Waals surface area contributed by atoms with E-state index in [1.165, 1.54) is 182 Å². The third-order valence-electron chi connectivity index (χ3n) is 29.9. The average Bonchev–Trinajstić information content (AvgIpc) is 1.52. The van der Waals surface area contributed by atoms with Gasteiger partial charge in [-0.15, -0.1) is 0 Å². The fourth-order valence-electron chi connectivity index (χ4n) is 24.5. The SMILES string of the molecule is CC1(C)c2ccccc2-c2ccc(N(c3ccc(-c4ccccc4)cc3)c3ccc(-c4ccc(-c5cccc6c5-c5ccccc5C65CC6CC5CC6c5ccccc5-c5ccccc5-c5ccc(N(c6ccc(-c7ccccc7)cc6)c6ccc(-c7ccc(-c8cccc9c8-c8ccccc8C98CC9CCC8C9)cc7)cc6)cc5)cc4)cc3)cc21. The minimum atomic E-state index is -0.121. The van der Waals surface area contributed by atoms with Gasteiger partial charge in [-0.3, -0.25) is 0 Å². The zero-order valence-corrected chi connectivity index (χ0v) is 68.4. The molecule has 7 atom stereocenters. The number of nitrogens with zero attached hydrogens (tertiary/aromatic N) is 2. The first-order valence-electron chi connectivity index (χ1n) is 44.0. The quantitative estimate of drug-likeness (QED) is 0.101. The lowest BCUT2D eigenvalue weighted by Crippen LogP contribution is -2.34. The Balaban J connectivity index is 0.500. The summed E-state index contributed by atoms with van der Waals surface area (Å²) in [7, 11) is 0. The Bertz CT molecular complexity index is 6880. The summed E-state index contributed by atoms with van der Waals surface area (Å²) in [6.07, 6.45) is 8.95. The molecule has 0 aromatic heterocycles. The van der Waals surface area contributed by atoms with Crippen LogP contribution in [0.15, 0.2) is 406 Å². The van der Waals surface area contributed by atoms with E-state index in [1.54, 1.807) is 11.1 Å². The predicted octanol–water partition coefficient (Wildman–Crippen LogP) is 31.8. The number of anilines is 6. The van der Waals surface area contributed by atoms with Crippen LogP contribution < -0.4 is 9.80 Å². The van der Waals surface area contributed by atoms with Crippen molar-refractivity contribution >= 4 is 34.1 Å². The number of fused-ring (bicyclic) bond motifs is 19. The molecule has 17 aromatic carbocycles. The van der Waals surface area contributed by atoms with Crippen LogP contribution in [0.1, 0.15) is 104 Å². The van der Waals surface area contributed by atoms with Gasteiger partial charge in [0.05, 0.1) is 0 Å². The Labute approximate surface area is 711 Å². The molecule has 0 aliphatic heterocycles. The lowest BCUT2D eigenvalue weighted by atomic mass is 9.63. The van der Waals surface area contributed by atoms with Crippen LogP contribution in [0, 0.1) is 23.7 Å². The molecule has 7 aliphatic rings.